The number of piperidine rings is 1. The maximum Gasteiger partial charge on any atom is 0.243 e. The monoisotopic (exact) mass is 482 g/mol. The summed E-state index contributed by atoms with van der Waals surface area (Å²) in [5, 5.41) is 3.15. The Morgan fingerprint density at radius 1 is 1.09 bits per heavy atom. The van der Waals surface area contributed by atoms with Crippen LogP contribution in [-0.4, -0.2) is 52.5 Å². The first-order chi connectivity index (χ1) is 15.3. The van der Waals surface area contributed by atoms with E-state index in [4.69, 9.17) is 25.8 Å². The lowest BCUT2D eigenvalue weighted by Gasteiger charge is -2.30. The Bertz CT molecular complexity index is 1050. The van der Waals surface area contributed by atoms with Gasteiger partial charge in [-0.1, -0.05) is 11.6 Å². The van der Waals surface area contributed by atoms with Crippen molar-refractivity contribution in [3.63, 3.8) is 0 Å². The lowest BCUT2D eigenvalue weighted by molar-refractivity contribution is -0.120. The van der Waals surface area contributed by atoms with Gasteiger partial charge >= 0.3 is 0 Å². The minimum Gasteiger partial charge on any atom is -0.494 e. The summed E-state index contributed by atoms with van der Waals surface area (Å²) in [6.07, 6.45) is 0.819. The number of methoxy groups -OCH3 is 2. The summed E-state index contributed by atoms with van der Waals surface area (Å²) < 4.78 is 43.1. The van der Waals surface area contributed by atoms with Gasteiger partial charge in [-0.25, -0.2) is 8.42 Å². The molecule has 174 valence electrons. The van der Waals surface area contributed by atoms with Crippen molar-refractivity contribution in [1.29, 1.82) is 0 Å². The van der Waals surface area contributed by atoms with E-state index >= 15 is 0 Å². The van der Waals surface area contributed by atoms with Gasteiger partial charge in [-0.15, -0.1) is 0 Å². The van der Waals surface area contributed by atoms with E-state index in [1.807, 2.05) is 6.92 Å². The number of ether oxygens (including phenoxy) is 3. The molecule has 1 heterocycles. The highest BCUT2D eigenvalue weighted by Crippen LogP contribution is 2.36. The fraction of sp³-hybridized carbons (Fsp3) is 0.409. The first-order valence-electron chi connectivity index (χ1n) is 10.3. The van der Waals surface area contributed by atoms with Crippen molar-refractivity contribution in [1.82, 2.24) is 4.31 Å². The average molecular weight is 483 g/mol. The van der Waals surface area contributed by atoms with Crippen LogP contribution in [0.5, 0.6) is 17.2 Å². The second kappa shape index (κ2) is 10.4. The molecular weight excluding hydrogens is 456 g/mol. The number of rotatable bonds is 8. The molecule has 3 rings (SSSR count). The number of nitrogens with one attached hydrogen (secondary N) is 1. The number of carbonyl (C=O) groups is 1. The van der Waals surface area contributed by atoms with Crippen LogP contribution in [0.25, 0.3) is 0 Å². The number of nitrogens with zero attached hydrogens (tertiary/aromatic N) is 1. The van der Waals surface area contributed by atoms with Crippen molar-refractivity contribution in [3.8, 4) is 17.2 Å². The Hall–Kier alpha value is -2.49. The zero-order valence-corrected chi connectivity index (χ0v) is 19.8. The van der Waals surface area contributed by atoms with Gasteiger partial charge in [0, 0.05) is 31.1 Å². The molecule has 32 heavy (non-hydrogen) atoms. The van der Waals surface area contributed by atoms with Crippen LogP contribution in [0.1, 0.15) is 19.8 Å². The van der Waals surface area contributed by atoms with E-state index in [-0.39, 0.29) is 29.8 Å². The molecular formula is C22H27ClN2O6S. The van der Waals surface area contributed by atoms with Crippen LogP contribution in [0.2, 0.25) is 5.02 Å². The molecule has 1 aliphatic heterocycles. The van der Waals surface area contributed by atoms with Crippen LogP contribution in [0.15, 0.2) is 41.3 Å². The topological polar surface area (TPSA) is 94.2 Å². The standard InChI is InChI=1S/C22H27ClN2O6S/c1-4-31-16-5-7-17(8-6-16)32(27,28)25-11-9-15(10-12-25)22(26)24-19-14-21(30-3)20(29-2)13-18(19)23/h5-8,13-15H,4,9-12H2,1-3H3,(H,24,26). The molecule has 1 saturated heterocycles. The van der Waals surface area contributed by atoms with Gasteiger partial charge < -0.3 is 19.5 Å². The van der Waals surface area contributed by atoms with Crippen LogP contribution in [0.3, 0.4) is 0 Å². The third kappa shape index (κ3) is 5.28. The van der Waals surface area contributed by atoms with Gasteiger partial charge in [0.25, 0.3) is 0 Å². The largest absolute Gasteiger partial charge is 0.494 e. The maximum atomic E-state index is 12.9. The molecule has 10 heteroatoms. The minimum absolute atomic E-state index is 0.209. The Labute approximate surface area is 193 Å². The number of amides is 1. The van der Waals surface area contributed by atoms with E-state index in [1.54, 1.807) is 24.3 Å². The van der Waals surface area contributed by atoms with Gasteiger partial charge in [0.05, 0.1) is 36.4 Å². The van der Waals surface area contributed by atoms with E-state index in [9.17, 15) is 13.2 Å². The number of carbonyl (C=O) groups excluding carboxylic acids is 1. The summed E-state index contributed by atoms with van der Waals surface area (Å²) >= 11 is 6.26. The third-order valence-corrected chi connectivity index (χ3v) is 7.55. The van der Waals surface area contributed by atoms with Crippen LogP contribution in [-0.2, 0) is 14.8 Å². The van der Waals surface area contributed by atoms with Crippen LogP contribution >= 0.6 is 11.6 Å². The maximum absolute atomic E-state index is 12.9. The summed E-state index contributed by atoms with van der Waals surface area (Å²) in [6, 6.07) is 9.54. The average Bonchev–Trinajstić information content (AvgIpc) is 2.80. The quantitative estimate of drug-likeness (QED) is 0.615. The van der Waals surface area contributed by atoms with E-state index in [0.717, 1.165) is 0 Å². The summed E-state index contributed by atoms with van der Waals surface area (Å²) in [5.74, 6) is 0.991. The van der Waals surface area contributed by atoms with Gasteiger partial charge in [-0.05, 0) is 44.0 Å². The van der Waals surface area contributed by atoms with E-state index in [0.29, 0.717) is 47.4 Å². The molecule has 0 unspecified atom stereocenters. The van der Waals surface area contributed by atoms with Gasteiger partial charge in [-0.2, -0.15) is 4.31 Å². The van der Waals surface area contributed by atoms with Gasteiger partial charge in [0.2, 0.25) is 15.9 Å². The van der Waals surface area contributed by atoms with E-state index < -0.39 is 10.0 Å². The van der Waals surface area contributed by atoms with Crippen molar-refractivity contribution in [3.05, 3.63) is 41.4 Å². The molecule has 0 radical (unpaired) electrons. The lowest BCUT2D eigenvalue weighted by Crippen LogP contribution is -2.41. The molecule has 1 fully saturated rings. The summed E-state index contributed by atoms with van der Waals surface area (Å²) in [5.41, 5.74) is 0.416. The van der Waals surface area contributed by atoms with Crippen molar-refractivity contribution in [2.45, 2.75) is 24.7 Å². The van der Waals surface area contributed by atoms with Crippen molar-refractivity contribution < 1.29 is 27.4 Å². The van der Waals surface area contributed by atoms with Crippen LogP contribution in [0, 0.1) is 5.92 Å². The number of benzene rings is 2. The highest BCUT2D eigenvalue weighted by Gasteiger charge is 2.32. The normalized spacial score (nSPS) is 15.2. The molecule has 2 aromatic rings. The molecule has 0 bridgehead atoms. The fourth-order valence-corrected chi connectivity index (χ4v) is 5.24. The minimum atomic E-state index is -3.63. The number of halogens is 1. The van der Waals surface area contributed by atoms with Crippen LogP contribution in [0.4, 0.5) is 5.69 Å². The fourth-order valence-electron chi connectivity index (χ4n) is 3.57. The van der Waals surface area contributed by atoms with Gasteiger partial charge in [-0.3, -0.25) is 4.79 Å². The third-order valence-electron chi connectivity index (χ3n) is 5.33. The molecule has 0 aliphatic carbocycles. The second-order valence-electron chi connectivity index (χ2n) is 7.26. The first-order valence-corrected chi connectivity index (χ1v) is 12.1. The molecule has 2 aromatic carbocycles. The SMILES string of the molecule is CCOc1ccc(S(=O)(=O)N2CCC(C(=O)Nc3cc(OC)c(OC)cc3Cl)CC2)cc1. The van der Waals surface area contributed by atoms with Crippen molar-refractivity contribution in [2.24, 2.45) is 5.92 Å². The van der Waals surface area contributed by atoms with E-state index in [2.05, 4.69) is 5.32 Å². The molecule has 8 nitrogen and oxygen atoms in total. The molecule has 0 spiro atoms. The predicted molar refractivity (Wildman–Crippen MR) is 122 cm³/mol. The summed E-state index contributed by atoms with van der Waals surface area (Å²) in [6.45, 7) is 2.89. The number of anilines is 1. The molecule has 0 saturated carbocycles. The Balaban J connectivity index is 1.63. The zero-order valence-electron chi connectivity index (χ0n) is 18.3. The Morgan fingerprint density at radius 3 is 2.25 bits per heavy atom. The smallest absolute Gasteiger partial charge is 0.243 e. The summed E-state index contributed by atoms with van der Waals surface area (Å²) in [4.78, 5) is 13.0. The number of hydrogen-bond acceptors (Lipinski definition) is 6. The van der Waals surface area contributed by atoms with Gasteiger partial charge in [0.1, 0.15) is 5.75 Å². The second-order valence-corrected chi connectivity index (χ2v) is 9.60. The molecule has 1 aliphatic rings. The Kier molecular flexibility index (Phi) is 7.86. The molecule has 0 aromatic heterocycles. The lowest BCUT2D eigenvalue weighted by atomic mass is 9.97. The van der Waals surface area contributed by atoms with Crippen molar-refractivity contribution >= 4 is 33.2 Å². The summed E-state index contributed by atoms with van der Waals surface area (Å²) in [7, 11) is -0.631. The van der Waals surface area contributed by atoms with Crippen molar-refractivity contribution in [2.75, 3.05) is 39.2 Å². The van der Waals surface area contributed by atoms with E-state index in [1.165, 1.54) is 30.7 Å². The highest BCUT2D eigenvalue weighted by atomic mass is 35.5. The molecule has 0 atom stereocenters. The predicted octanol–water partition coefficient (Wildman–Crippen LogP) is 3.80. The number of sulfonamides is 1. The molecule has 1 N–H and O–H groups in total. The van der Waals surface area contributed by atoms with Crippen LogP contribution < -0.4 is 19.5 Å². The first kappa shape index (κ1) is 24.2. The Morgan fingerprint density at radius 2 is 1.69 bits per heavy atom. The zero-order chi connectivity index (χ0) is 23.3. The van der Waals surface area contributed by atoms with Gasteiger partial charge in [0.15, 0.2) is 11.5 Å². The molecule has 1 amide bonds. The number of hydrogen-bond donors (Lipinski definition) is 1. The highest BCUT2D eigenvalue weighted by molar-refractivity contribution is 7.89.